The summed E-state index contributed by atoms with van der Waals surface area (Å²) < 4.78 is 0. The quantitative estimate of drug-likeness (QED) is 0.911. The Morgan fingerprint density at radius 2 is 1.88 bits per heavy atom. The molecule has 1 saturated heterocycles. The molecule has 2 heterocycles. The van der Waals surface area contributed by atoms with Crippen LogP contribution in [0.3, 0.4) is 0 Å². The van der Waals surface area contributed by atoms with Crippen LogP contribution >= 0.6 is 0 Å². The van der Waals surface area contributed by atoms with Gasteiger partial charge in [-0.25, -0.2) is 9.97 Å². The van der Waals surface area contributed by atoms with Gasteiger partial charge in [-0.1, -0.05) is 26.7 Å². The second-order valence-corrected chi connectivity index (χ2v) is 7.57. The average molecular weight is 344 g/mol. The first-order valence-corrected chi connectivity index (χ1v) is 9.42. The first-order chi connectivity index (χ1) is 12.0. The van der Waals surface area contributed by atoms with Gasteiger partial charge in [0.2, 0.25) is 11.8 Å². The van der Waals surface area contributed by atoms with Gasteiger partial charge in [0.25, 0.3) is 0 Å². The third kappa shape index (κ3) is 3.99. The fraction of sp³-hybridized carbons (Fsp3) is 0.684. The minimum Gasteiger partial charge on any atom is -0.330 e. The molecule has 6 heteroatoms. The molecule has 1 atom stereocenters. The van der Waals surface area contributed by atoms with Crippen LogP contribution in [-0.2, 0) is 9.59 Å². The first-order valence-electron chi connectivity index (χ1n) is 9.42. The molecule has 1 aliphatic carbocycles. The van der Waals surface area contributed by atoms with Crippen LogP contribution in [0.15, 0.2) is 6.07 Å². The zero-order valence-corrected chi connectivity index (χ0v) is 15.4. The van der Waals surface area contributed by atoms with E-state index in [1.165, 1.54) is 0 Å². The van der Waals surface area contributed by atoms with Crippen molar-refractivity contribution in [2.24, 2.45) is 5.92 Å². The fourth-order valence-electron chi connectivity index (χ4n) is 3.83. The molecule has 0 aromatic carbocycles. The van der Waals surface area contributed by atoms with Crippen LogP contribution < -0.4 is 5.32 Å². The third-order valence-electron chi connectivity index (χ3n) is 5.18. The van der Waals surface area contributed by atoms with E-state index in [0.717, 1.165) is 50.0 Å². The van der Waals surface area contributed by atoms with E-state index in [0.29, 0.717) is 12.4 Å². The van der Waals surface area contributed by atoms with Gasteiger partial charge >= 0.3 is 0 Å². The summed E-state index contributed by atoms with van der Waals surface area (Å²) in [6, 6.07) is 1.41. The highest BCUT2D eigenvalue weighted by Gasteiger charge is 2.37. The predicted molar refractivity (Wildman–Crippen MR) is 96.2 cm³/mol. The Labute approximate surface area is 149 Å². The highest BCUT2D eigenvalue weighted by Crippen LogP contribution is 2.30. The van der Waals surface area contributed by atoms with Crippen molar-refractivity contribution in [1.82, 2.24) is 14.9 Å². The molecule has 0 bridgehead atoms. The minimum atomic E-state index is -0.370. The van der Waals surface area contributed by atoms with Crippen LogP contribution in [0.4, 0.5) is 5.82 Å². The molecule has 25 heavy (non-hydrogen) atoms. The Morgan fingerprint density at radius 3 is 2.56 bits per heavy atom. The summed E-state index contributed by atoms with van der Waals surface area (Å²) >= 11 is 0. The van der Waals surface area contributed by atoms with Gasteiger partial charge in [-0.15, -0.1) is 0 Å². The number of nitrogens with zero attached hydrogens (tertiary/aromatic N) is 3. The number of amides is 2. The second kappa shape index (κ2) is 7.50. The fourth-order valence-corrected chi connectivity index (χ4v) is 3.83. The van der Waals surface area contributed by atoms with E-state index in [4.69, 9.17) is 0 Å². The summed E-state index contributed by atoms with van der Waals surface area (Å²) in [5.41, 5.74) is 0.833. The zero-order valence-electron chi connectivity index (χ0n) is 15.4. The lowest BCUT2D eigenvalue weighted by molar-refractivity contribution is -0.140. The van der Waals surface area contributed by atoms with Gasteiger partial charge in [0.05, 0.1) is 0 Å². The lowest BCUT2D eigenvalue weighted by Crippen LogP contribution is -2.45. The lowest BCUT2D eigenvalue weighted by Gasteiger charge is -2.26. The van der Waals surface area contributed by atoms with Crippen molar-refractivity contribution in [2.45, 2.75) is 71.3 Å². The number of carbonyl (C=O) groups excluding carboxylic acids is 2. The maximum atomic E-state index is 12.8. The largest absolute Gasteiger partial charge is 0.330 e. The lowest BCUT2D eigenvalue weighted by atomic mass is 10.1. The maximum Gasteiger partial charge on any atom is 0.248 e. The van der Waals surface area contributed by atoms with Gasteiger partial charge in [-0.2, -0.15) is 0 Å². The highest BCUT2D eigenvalue weighted by atomic mass is 16.2. The molecule has 1 unspecified atom stereocenters. The average Bonchev–Trinajstić information content (AvgIpc) is 3.25. The number of likely N-dealkylation sites (tertiary alicyclic amines) is 1. The summed E-state index contributed by atoms with van der Waals surface area (Å²) in [5, 5.41) is 2.91. The Balaban J connectivity index is 1.70. The van der Waals surface area contributed by atoms with Crippen molar-refractivity contribution >= 4 is 17.6 Å². The molecule has 1 aromatic rings. The number of aromatic nitrogens is 2. The third-order valence-corrected chi connectivity index (χ3v) is 5.18. The molecule has 1 aliphatic heterocycles. The molecule has 1 N–H and O–H groups in total. The smallest absolute Gasteiger partial charge is 0.248 e. The van der Waals surface area contributed by atoms with Crippen molar-refractivity contribution in [1.29, 1.82) is 0 Å². The Morgan fingerprint density at radius 1 is 1.16 bits per heavy atom. The second-order valence-electron chi connectivity index (χ2n) is 7.57. The molecule has 0 radical (unpaired) electrons. The van der Waals surface area contributed by atoms with Crippen LogP contribution in [0.1, 0.15) is 69.8 Å². The molecule has 0 spiro atoms. The molecule has 1 aromatic heterocycles. The molecule has 6 nitrogen and oxygen atoms in total. The standard InChI is InChI=1S/C19H28N4O2/c1-12(2)17-20-13(3)11-16(21-17)22-18(24)15-9-6-10-23(15)19(25)14-7-4-5-8-14/h11-12,14-15H,4-10H2,1-3H3,(H,20,21,22,24). The van der Waals surface area contributed by atoms with Gasteiger partial charge in [0.15, 0.2) is 0 Å². The molecule has 3 rings (SSSR count). The van der Waals surface area contributed by atoms with Gasteiger partial charge in [0, 0.05) is 30.1 Å². The van der Waals surface area contributed by atoms with Crippen molar-refractivity contribution in [2.75, 3.05) is 11.9 Å². The van der Waals surface area contributed by atoms with E-state index in [9.17, 15) is 9.59 Å². The van der Waals surface area contributed by atoms with Crippen LogP contribution in [0.25, 0.3) is 0 Å². The van der Waals surface area contributed by atoms with Crippen LogP contribution in [-0.4, -0.2) is 39.3 Å². The van der Waals surface area contributed by atoms with Crippen LogP contribution in [0.5, 0.6) is 0 Å². The van der Waals surface area contributed by atoms with Gasteiger partial charge in [-0.3, -0.25) is 9.59 Å². The first kappa shape index (κ1) is 17.8. The molecule has 2 fully saturated rings. The number of anilines is 1. The summed E-state index contributed by atoms with van der Waals surface area (Å²) in [5.74, 6) is 1.60. The molecule has 2 amide bonds. The van der Waals surface area contributed by atoms with Gasteiger partial charge in [0.1, 0.15) is 17.7 Å². The van der Waals surface area contributed by atoms with Crippen molar-refractivity contribution in [3.63, 3.8) is 0 Å². The van der Waals surface area contributed by atoms with Gasteiger partial charge in [-0.05, 0) is 32.6 Å². The van der Waals surface area contributed by atoms with Gasteiger partial charge < -0.3 is 10.2 Å². The maximum absolute atomic E-state index is 12.8. The van der Waals surface area contributed by atoms with Crippen molar-refractivity contribution in [3.8, 4) is 0 Å². The summed E-state index contributed by atoms with van der Waals surface area (Å²) in [6.45, 7) is 6.64. The number of nitrogens with one attached hydrogen (secondary N) is 1. The Bertz CT molecular complexity index is 653. The summed E-state index contributed by atoms with van der Waals surface area (Å²) in [6.07, 6.45) is 5.79. The van der Waals surface area contributed by atoms with E-state index < -0.39 is 0 Å². The SMILES string of the molecule is Cc1cc(NC(=O)C2CCCN2C(=O)C2CCCC2)nc(C(C)C)n1. The molecule has 2 aliphatic rings. The number of hydrogen-bond donors (Lipinski definition) is 1. The predicted octanol–water partition coefficient (Wildman–Crippen LogP) is 3.03. The summed E-state index contributed by atoms with van der Waals surface area (Å²) in [7, 11) is 0. The Hall–Kier alpha value is -1.98. The molecular weight excluding hydrogens is 316 g/mol. The minimum absolute atomic E-state index is 0.113. The molecule has 1 saturated carbocycles. The van der Waals surface area contributed by atoms with E-state index in [2.05, 4.69) is 15.3 Å². The topological polar surface area (TPSA) is 75.2 Å². The van der Waals surface area contributed by atoms with E-state index >= 15 is 0 Å². The highest BCUT2D eigenvalue weighted by molar-refractivity contribution is 5.97. The molecule has 136 valence electrons. The molecular formula is C19H28N4O2. The number of carbonyl (C=O) groups is 2. The van der Waals surface area contributed by atoms with E-state index in [-0.39, 0.29) is 29.7 Å². The number of rotatable bonds is 4. The van der Waals surface area contributed by atoms with Crippen molar-refractivity contribution < 1.29 is 9.59 Å². The van der Waals surface area contributed by atoms with Crippen LogP contribution in [0, 0.1) is 12.8 Å². The number of hydrogen-bond acceptors (Lipinski definition) is 4. The van der Waals surface area contributed by atoms with Crippen molar-refractivity contribution in [3.05, 3.63) is 17.6 Å². The van der Waals surface area contributed by atoms with E-state index in [1.807, 2.05) is 20.8 Å². The number of aryl methyl sites for hydroxylation is 1. The Kier molecular flexibility index (Phi) is 5.35. The monoisotopic (exact) mass is 344 g/mol. The normalized spacial score (nSPS) is 21.1. The summed E-state index contributed by atoms with van der Waals surface area (Å²) in [4.78, 5) is 36.2. The zero-order chi connectivity index (χ0) is 18.0. The van der Waals surface area contributed by atoms with E-state index in [1.54, 1.807) is 11.0 Å². The van der Waals surface area contributed by atoms with Crippen LogP contribution in [0.2, 0.25) is 0 Å².